The van der Waals surface area contributed by atoms with Gasteiger partial charge in [-0.25, -0.2) is 0 Å². The van der Waals surface area contributed by atoms with Crippen molar-refractivity contribution in [2.24, 2.45) is 10.8 Å². The number of nitrogens with zero attached hydrogens (tertiary/aromatic N) is 8. The van der Waals surface area contributed by atoms with Crippen molar-refractivity contribution in [2.45, 2.75) is 283 Å². The van der Waals surface area contributed by atoms with Gasteiger partial charge in [0, 0.05) is 211 Å². The van der Waals surface area contributed by atoms with Gasteiger partial charge in [-0.05, 0) is 126 Å². The summed E-state index contributed by atoms with van der Waals surface area (Å²) in [5, 5.41) is 52.3. The van der Waals surface area contributed by atoms with Crippen LogP contribution >= 0.6 is 12.4 Å². The van der Waals surface area contributed by atoms with Crippen LogP contribution in [0, 0.1) is 57.4 Å². The van der Waals surface area contributed by atoms with Crippen molar-refractivity contribution in [2.75, 3.05) is 46.4 Å². The molecule has 0 spiro atoms. The topological polar surface area (TPSA) is 317 Å². The molecule has 560 valence electrons. The molecule has 6 aliphatic heterocycles. The average Bonchev–Trinajstić information content (AvgIpc) is 4.30. The number of hydrogen-bond donors (Lipinski definition) is 7. The van der Waals surface area contributed by atoms with E-state index < -0.39 is 35.7 Å². The molecule has 6 aliphatic rings. The van der Waals surface area contributed by atoms with Crippen molar-refractivity contribution in [3.8, 4) is 0 Å². The molecular formula is C64H135B2ClN10O13Si2Y4-8. The van der Waals surface area contributed by atoms with E-state index in [1.807, 2.05) is 34.5 Å². The Morgan fingerprint density at radius 2 is 0.969 bits per heavy atom. The van der Waals surface area contributed by atoms with Gasteiger partial charge in [-0.3, -0.25) is 16.5 Å². The molecule has 6 fully saturated rings. The SMILES string of the molecule is CC.CC[C@@H]1C[C@@H](O)CN1.CC[C@@H]1C[C@H](O[Si](C)(C)C(C)(C)C)CN1B(C)O.COC(=O)[C@@H]1C[C@H](O[Si](C)(C)C(C)(C)C)CN1B(C)O.Cl.[CH2-]C(=O)N1C[C@@H](N)C[C@H]1CC.[CH2-]C(=O)N1C[C@@H](N=[N+]=[N-])C[C@H]1CC.[CH2-]C(=O)N1C[C@H](O)C[C@H]1CC.[CH2-]C(=O)O.[CH3-].[CH3-].[CH3-].[CH3-].[Y].[Y].[Y].[Y]. The Hall–Kier alpha value is 1.01. The summed E-state index contributed by atoms with van der Waals surface area (Å²) in [4.78, 5) is 65.3. The summed E-state index contributed by atoms with van der Waals surface area (Å²) in [6.45, 7) is 56.9. The Labute approximate surface area is 696 Å². The summed E-state index contributed by atoms with van der Waals surface area (Å²) >= 11 is 0. The molecule has 32 heteroatoms. The molecule has 3 amide bonds. The van der Waals surface area contributed by atoms with Gasteiger partial charge in [0.05, 0.1) is 55.3 Å². The quantitative estimate of drug-likeness (QED) is 0.0225. The second-order valence-electron chi connectivity index (χ2n) is 26.3. The summed E-state index contributed by atoms with van der Waals surface area (Å²) in [5.74, 6) is -1.83. The van der Waals surface area contributed by atoms with E-state index in [0.717, 1.165) is 70.9 Å². The van der Waals surface area contributed by atoms with Gasteiger partial charge in [0.2, 0.25) is 0 Å². The second kappa shape index (κ2) is 60.2. The van der Waals surface area contributed by atoms with Crippen LogP contribution in [0.4, 0.5) is 0 Å². The molecule has 0 aliphatic carbocycles. The van der Waals surface area contributed by atoms with Crippen LogP contribution in [0.5, 0.6) is 0 Å². The number of ether oxygens (including phenoxy) is 1. The Morgan fingerprint density at radius 1 is 0.604 bits per heavy atom. The number of aliphatic hydroxyl groups is 2. The van der Waals surface area contributed by atoms with Crippen LogP contribution in [0.3, 0.4) is 0 Å². The summed E-state index contributed by atoms with van der Waals surface area (Å²) < 4.78 is 17.6. The number of azide groups is 1. The van der Waals surface area contributed by atoms with Crippen molar-refractivity contribution in [3.63, 3.8) is 0 Å². The van der Waals surface area contributed by atoms with Gasteiger partial charge in [-0.2, -0.15) is 0 Å². The van der Waals surface area contributed by atoms with E-state index in [1.165, 1.54) is 7.11 Å². The molecule has 6 saturated heterocycles. The number of methoxy groups -OCH3 is 1. The molecule has 4 radical (unpaired) electrons. The maximum Gasteiger partial charge on any atom is 0.377 e. The summed E-state index contributed by atoms with van der Waals surface area (Å²) in [7, 11) is -3.21. The van der Waals surface area contributed by atoms with Crippen LogP contribution in [0.2, 0.25) is 49.9 Å². The Balaban J connectivity index is -0.0000000986. The number of esters is 1. The first kappa shape index (κ1) is 121. The number of β-amino-alcohol motifs (C(OH)–C–C–N with tert-alkyl or cyclic N) is 2. The Bertz CT molecular complexity index is 2050. The number of carboxylic acid groups (broad SMARTS) is 1. The van der Waals surface area contributed by atoms with E-state index in [-0.39, 0.29) is 256 Å². The maximum absolute atomic E-state index is 11.8. The van der Waals surface area contributed by atoms with Gasteiger partial charge in [0.25, 0.3) is 0 Å². The molecule has 96 heavy (non-hydrogen) atoms. The van der Waals surface area contributed by atoms with Crippen LogP contribution in [0.25, 0.3) is 10.4 Å². The molecule has 0 unspecified atom stereocenters. The van der Waals surface area contributed by atoms with Crippen molar-refractivity contribution in [1.82, 2.24) is 29.6 Å². The number of carboxylic acids is 1. The molecule has 12 atom stereocenters. The number of likely N-dealkylation sites (tertiary alicyclic amines) is 3. The fraction of sp³-hybridized carbons (Fsp3) is 0.797. The molecule has 0 aromatic heterocycles. The molecular weight excluding hydrogens is 1590 g/mol. The number of rotatable bonds is 13. The van der Waals surface area contributed by atoms with Gasteiger partial charge < -0.3 is 139 Å². The number of nitrogens with two attached hydrogens (primary N) is 1. The number of carbonyl (C=O) groups is 5. The van der Waals surface area contributed by atoms with E-state index in [1.54, 1.807) is 26.3 Å². The number of halogens is 1. The van der Waals surface area contributed by atoms with Crippen LogP contribution in [-0.4, -0.2) is 229 Å². The summed E-state index contributed by atoms with van der Waals surface area (Å²) in [6.07, 6.45) is 9.84. The third-order valence-corrected chi connectivity index (χ3v) is 26.7. The number of nitrogens with one attached hydrogen (secondary N) is 1. The summed E-state index contributed by atoms with van der Waals surface area (Å²) in [6, 6.07) is 1.45. The van der Waals surface area contributed by atoms with Gasteiger partial charge in [0.1, 0.15) is 6.04 Å². The molecule has 6 heterocycles. The zero-order valence-corrected chi connectivity index (χ0v) is 78.5. The molecule has 0 aromatic carbocycles. The van der Waals surface area contributed by atoms with Crippen LogP contribution < -0.4 is 11.1 Å². The minimum atomic E-state index is -1.87. The standard InChI is InChI=1S/C13H28BNO4Si.C13H30BNO2Si.C8H13N4O.C8H15N2O.C8H14NO2.C6H13NO.C2H3O2.C2H6.4CH3.ClH.4Y/c1-13(2,3)20(6,7)19-10-8-11(12(16)18-5)15(9-10)14(4)17;1-8-11-9-12(10-15(11)14(5)16)17-18(6,7)13(2,3)4;1-3-8-4-7(10-11-9)5-12(8)6(2)13;1-3-8-4-7(9)5-10(8)6(2)11;1-3-7-4-8(11)5-9(7)6(2)10;1-2-5-3-6(8)4-7-5;1-2(3)4;1-2;;;;;;;;;/h10-11,17H,8-9H2,1-7H3;11-12,16H,8-10H2,1-7H3;7-8H,2-5H2,1H3;7-8H,2-5,9H2,1H3;7-8,11H,2-5H2,1H3;5-8H,2-4H2,1H3;1H2,(H,3,4);1-2H3;4*1H3;1H;;;;/q;;3*-1;;-1;;4*-1;;;;;/t10-,11-;11-,12+;2*7-,8+;7-,8-;5-,6-;;;;;;;;;;;/m010011.........../s1. The number of aliphatic hydroxyl groups excluding tert-OH is 2. The van der Waals surface area contributed by atoms with E-state index in [2.05, 4.69) is 136 Å². The molecule has 0 saturated carbocycles. The zero-order valence-electron chi connectivity index (χ0n) is 64.3. The third kappa shape index (κ3) is 44.7. The number of hydrogen-bond acceptors (Lipinski definition) is 17. The average molecular weight is 1720 g/mol. The maximum atomic E-state index is 11.8. The molecule has 6 rings (SSSR count). The number of aliphatic carboxylic acids is 1. The normalized spacial score (nSPS) is 24.4. The minimum absolute atomic E-state index is 0. The zero-order chi connectivity index (χ0) is 68.1. The van der Waals surface area contributed by atoms with E-state index >= 15 is 0 Å². The fourth-order valence-electron chi connectivity index (χ4n) is 10.8. The first-order valence-electron chi connectivity index (χ1n) is 31.7. The van der Waals surface area contributed by atoms with E-state index in [4.69, 9.17) is 39.9 Å². The smallest absolute Gasteiger partial charge is 0.377 e. The molecule has 8 N–H and O–H groups in total. The van der Waals surface area contributed by atoms with Gasteiger partial charge in [-0.15, -0.1) is 12.4 Å². The third-order valence-electron chi connectivity index (χ3n) is 17.7. The van der Waals surface area contributed by atoms with Gasteiger partial charge >= 0.3 is 20.1 Å². The van der Waals surface area contributed by atoms with Crippen LogP contribution in [-0.2, 0) is 168 Å². The molecule has 0 bridgehead atoms. The minimum Gasteiger partial charge on any atom is -0.503 e. The van der Waals surface area contributed by atoms with Crippen molar-refractivity contribution in [3.05, 3.63) is 67.8 Å². The van der Waals surface area contributed by atoms with Crippen molar-refractivity contribution < 1.29 is 194 Å². The first-order valence-corrected chi connectivity index (χ1v) is 37.6. The summed E-state index contributed by atoms with van der Waals surface area (Å²) in [5.41, 5.74) is 14.0. The monoisotopic (exact) mass is 1720 g/mol. The molecule has 23 nitrogen and oxygen atoms in total. The second-order valence-corrected chi connectivity index (χ2v) is 35.8. The van der Waals surface area contributed by atoms with Gasteiger partial charge in [-0.1, -0.05) is 95.1 Å². The predicted octanol–water partition coefficient (Wildman–Crippen LogP) is 9.83. The predicted molar refractivity (Wildman–Crippen MR) is 389 cm³/mol. The molecule has 0 aromatic rings. The Morgan fingerprint density at radius 3 is 1.25 bits per heavy atom. The fourth-order valence-corrected chi connectivity index (χ4v) is 13.5. The Kier molecular flexibility index (Phi) is 75.8. The first-order chi connectivity index (χ1) is 40.1. The van der Waals surface area contributed by atoms with E-state index in [0.29, 0.717) is 63.3 Å². The van der Waals surface area contributed by atoms with Crippen molar-refractivity contribution in [1.29, 1.82) is 0 Å². The number of amides is 3. The van der Waals surface area contributed by atoms with Crippen molar-refractivity contribution >= 4 is 72.8 Å². The van der Waals surface area contributed by atoms with Crippen LogP contribution in [0.1, 0.15) is 161 Å². The van der Waals surface area contributed by atoms with E-state index in [9.17, 15) is 34.3 Å². The van der Waals surface area contributed by atoms with Crippen LogP contribution in [0.15, 0.2) is 5.11 Å². The largest absolute Gasteiger partial charge is 0.503 e. The van der Waals surface area contributed by atoms with Gasteiger partial charge in [0.15, 0.2) is 22.6 Å². The number of carbonyl (C=O) groups excluding carboxylic acids is 4.